The molecule has 10 heteroatoms. The van der Waals surface area contributed by atoms with E-state index in [9.17, 15) is 17.2 Å². The summed E-state index contributed by atoms with van der Waals surface area (Å²) in [5, 5.41) is 6.56. The van der Waals surface area contributed by atoms with Crippen LogP contribution in [0.2, 0.25) is 0 Å². The van der Waals surface area contributed by atoms with Gasteiger partial charge in [0.05, 0.1) is 17.8 Å². The summed E-state index contributed by atoms with van der Waals surface area (Å²) >= 11 is 0. The van der Waals surface area contributed by atoms with E-state index in [0.717, 1.165) is 5.56 Å². The van der Waals surface area contributed by atoms with E-state index in [1.165, 1.54) is 34.6 Å². The minimum atomic E-state index is -3.93. The topological polar surface area (TPSA) is 85.2 Å². The third-order valence-electron chi connectivity index (χ3n) is 5.04. The molecule has 0 amide bonds. The molecule has 2 N–H and O–H groups in total. The highest BCUT2D eigenvalue weighted by Crippen LogP contribution is 2.32. The van der Waals surface area contributed by atoms with Crippen LogP contribution >= 0.6 is 0 Å². The van der Waals surface area contributed by atoms with Gasteiger partial charge in [-0.3, -0.25) is 4.98 Å². The van der Waals surface area contributed by atoms with Gasteiger partial charge in [-0.2, -0.15) is 4.39 Å². The smallest absolute Gasteiger partial charge is 0.269 e. The Morgan fingerprint density at radius 3 is 2.64 bits per heavy atom. The lowest BCUT2D eigenvalue weighted by Crippen LogP contribution is -2.12. The molecule has 33 heavy (non-hydrogen) atoms. The molecule has 4 aromatic rings. The van der Waals surface area contributed by atoms with Gasteiger partial charge in [-0.1, -0.05) is 6.07 Å². The van der Waals surface area contributed by atoms with Gasteiger partial charge in [0.1, 0.15) is 4.90 Å². The molecule has 0 saturated carbocycles. The van der Waals surface area contributed by atoms with Crippen LogP contribution in [0.3, 0.4) is 0 Å². The molecule has 0 radical (unpaired) electrons. The second-order valence-corrected chi connectivity index (χ2v) is 9.02. The Hall–Kier alpha value is -3.50. The summed E-state index contributed by atoms with van der Waals surface area (Å²) in [4.78, 5) is 3.94. The number of fused-ring (bicyclic) bond motifs is 1. The maximum atomic E-state index is 14.5. The van der Waals surface area contributed by atoms with Crippen molar-refractivity contribution in [3.05, 3.63) is 78.3 Å². The maximum absolute atomic E-state index is 14.5. The number of nitrogens with one attached hydrogen (secondary N) is 2. The van der Waals surface area contributed by atoms with Crippen molar-refractivity contribution < 1.29 is 21.9 Å². The molecule has 0 fully saturated rings. The zero-order valence-electron chi connectivity index (χ0n) is 18.0. The lowest BCUT2D eigenvalue weighted by atomic mass is 10.1. The molecule has 0 bridgehead atoms. The standard InChI is InChI=1S/C23H22F2N4O3S/c1-3-32-21-9-8-19(22(24)23(21)25)28-16-6-7-18-15(12-26-2)14-29(20(18)11-16)33(30,31)17-5-4-10-27-13-17/h4-11,13-14,26,28H,3,12H2,1-2H3. The van der Waals surface area contributed by atoms with Crippen LogP contribution in [0, 0.1) is 11.6 Å². The minimum Gasteiger partial charge on any atom is -0.491 e. The number of nitrogens with zero attached hydrogens (tertiary/aromatic N) is 2. The van der Waals surface area contributed by atoms with Crippen LogP contribution < -0.4 is 15.4 Å². The van der Waals surface area contributed by atoms with Crippen LogP contribution in [0.5, 0.6) is 5.75 Å². The van der Waals surface area contributed by atoms with Gasteiger partial charge in [0.15, 0.2) is 11.6 Å². The summed E-state index contributed by atoms with van der Waals surface area (Å²) in [7, 11) is -2.17. The Bertz CT molecular complexity index is 1410. The summed E-state index contributed by atoms with van der Waals surface area (Å²) in [5.41, 5.74) is 1.45. The minimum absolute atomic E-state index is 0.0379. The first-order valence-electron chi connectivity index (χ1n) is 10.2. The highest BCUT2D eigenvalue weighted by atomic mass is 32.2. The molecule has 2 aromatic heterocycles. The second kappa shape index (κ2) is 9.16. The number of rotatable bonds is 8. The summed E-state index contributed by atoms with van der Waals surface area (Å²) < 4.78 is 61.6. The number of anilines is 2. The zero-order valence-corrected chi connectivity index (χ0v) is 18.8. The Morgan fingerprint density at radius 2 is 1.94 bits per heavy atom. The SMILES string of the molecule is CCOc1ccc(Nc2ccc3c(CNC)cn(S(=O)(=O)c4cccnc4)c3c2)c(F)c1F. The normalized spacial score (nSPS) is 11.6. The second-order valence-electron chi connectivity index (χ2n) is 7.20. The van der Waals surface area contributed by atoms with E-state index in [-0.39, 0.29) is 22.9 Å². The molecule has 4 rings (SSSR count). The summed E-state index contributed by atoms with van der Waals surface area (Å²) in [6.45, 7) is 2.32. The molecular formula is C23H22F2N4O3S. The first-order valence-corrected chi connectivity index (χ1v) is 11.6. The van der Waals surface area contributed by atoms with Crippen LogP contribution in [-0.2, 0) is 16.6 Å². The number of hydrogen-bond acceptors (Lipinski definition) is 6. The fraction of sp³-hybridized carbons (Fsp3) is 0.174. The Balaban J connectivity index is 1.80. The summed E-state index contributed by atoms with van der Waals surface area (Å²) in [5.74, 6) is -2.36. The van der Waals surface area contributed by atoms with Gasteiger partial charge in [-0.05, 0) is 55.9 Å². The number of aromatic nitrogens is 2. The number of hydrogen-bond donors (Lipinski definition) is 2. The Labute approximate surface area is 190 Å². The van der Waals surface area contributed by atoms with E-state index in [4.69, 9.17) is 4.74 Å². The zero-order chi connectivity index (χ0) is 23.6. The monoisotopic (exact) mass is 472 g/mol. The number of pyridine rings is 1. The highest BCUT2D eigenvalue weighted by molar-refractivity contribution is 7.90. The number of ether oxygens (including phenoxy) is 1. The lowest BCUT2D eigenvalue weighted by molar-refractivity contribution is 0.314. The molecule has 0 saturated heterocycles. The average Bonchev–Trinajstić information content (AvgIpc) is 3.18. The Kier molecular flexibility index (Phi) is 6.30. The fourth-order valence-electron chi connectivity index (χ4n) is 3.54. The van der Waals surface area contributed by atoms with Crippen molar-refractivity contribution in [2.45, 2.75) is 18.4 Å². The van der Waals surface area contributed by atoms with Crippen LogP contribution in [0.15, 0.2) is 66.0 Å². The van der Waals surface area contributed by atoms with E-state index < -0.39 is 21.7 Å². The van der Waals surface area contributed by atoms with Gasteiger partial charge >= 0.3 is 0 Å². The summed E-state index contributed by atoms with van der Waals surface area (Å²) in [6, 6.07) is 10.7. The molecule has 0 unspecified atom stereocenters. The van der Waals surface area contributed by atoms with Gasteiger partial charge in [0.25, 0.3) is 10.0 Å². The van der Waals surface area contributed by atoms with Crippen LogP contribution in [-0.4, -0.2) is 31.0 Å². The van der Waals surface area contributed by atoms with Gasteiger partial charge in [0.2, 0.25) is 5.82 Å². The molecule has 0 aliphatic rings. The van der Waals surface area contributed by atoms with Crippen molar-refractivity contribution in [1.29, 1.82) is 0 Å². The van der Waals surface area contributed by atoms with E-state index in [0.29, 0.717) is 23.1 Å². The van der Waals surface area contributed by atoms with Crippen molar-refractivity contribution >= 4 is 32.3 Å². The lowest BCUT2D eigenvalue weighted by Gasteiger charge is -2.12. The molecule has 2 aromatic carbocycles. The van der Waals surface area contributed by atoms with Gasteiger partial charge in [-0.25, -0.2) is 16.8 Å². The van der Waals surface area contributed by atoms with Crippen molar-refractivity contribution in [1.82, 2.24) is 14.3 Å². The fourth-order valence-corrected chi connectivity index (χ4v) is 4.89. The molecule has 0 aliphatic heterocycles. The van der Waals surface area contributed by atoms with Crippen molar-refractivity contribution in [2.75, 3.05) is 19.0 Å². The van der Waals surface area contributed by atoms with Gasteiger partial charge in [0, 0.05) is 36.2 Å². The van der Waals surface area contributed by atoms with Crippen molar-refractivity contribution in [2.24, 2.45) is 0 Å². The van der Waals surface area contributed by atoms with Gasteiger partial charge in [-0.15, -0.1) is 0 Å². The predicted octanol–water partition coefficient (Wildman–Crippen LogP) is 4.41. The molecule has 2 heterocycles. The van der Waals surface area contributed by atoms with E-state index in [1.807, 2.05) is 0 Å². The average molecular weight is 473 g/mol. The Morgan fingerprint density at radius 1 is 1.12 bits per heavy atom. The van der Waals surface area contributed by atoms with Crippen LogP contribution in [0.1, 0.15) is 12.5 Å². The van der Waals surface area contributed by atoms with Gasteiger partial charge < -0.3 is 15.4 Å². The van der Waals surface area contributed by atoms with Crippen molar-refractivity contribution in [3.63, 3.8) is 0 Å². The third-order valence-corrected chi connectivity index (χ3v) is 6.70. The molecule has 0 atom stereocenters. The predicted molar refractivity (Wildman–Crippen MR) is 122 cm³/mol. The number of benzene rings is 2. The molecular weight excluding hydrogens is 450 g/mol. The molecule has 0 spiro atoms. The highest BCUT2D eigenvalue weighted by Gasteiger charge is 2.22. The molecule has 172 valence electrons. The summed E-state index contributed by atoms with van der Waals surface area (Å²) in [6.07, 6.45) is 4.31. The van der Waals surface area contributed by atoms with Crippen LogP contribution in [0.25, 0.3) is 10.9 Å². The largest absolute Gasteiger partial charge is 0.491 e. The molecule has 0 aliphatic carbocycles. The number of halogens is 2. The third kappa shape index (κ3) is 4.27. The first-order chi connectivity index (χ1) is 15.9. The first kappa shape index (κ1) is 22.7. The van der Waals surface area contributed by atoms with E-state index in [1.54, 1.807) is 44.4 Å². The molecule has 7 nitrogen and oxygen atoms in total. The quantitative estimate of drug-likeness (QED) is 0.395. The van der Waals surface area contributed by atoms with Crippen LogP contribution in [0.4, 0.5) is 20.2 Å². The van der Waals surface area contributed by atoms with E-state index >= 15 is 0 Å². The van der Waals surface area contributed by atoms with Crippen molar-refractivity contribution in [3.8, 4) is 5.75 Å². The maximum Gasteiger partial charge on any atom is 0.269 e. The van der Waals surface area contributed by atoms with E-state index in [2.05, 4.69) is 15.6 Å².